The summed E-state index contributed by atoms with van der Waals surface area (Å²) in [6.07, 6.45) is 4.15. The van der Waals surface area contributed by atoms with Crippen molar-refractivity contribution in [2.24, 2.45) is 13.0 Å². The maximum atomic E-state index is 12.8. The summed E-state index contributed by atoms with van der Waals surface area (Å²) in [4.78, 5) is 19.1. The second kappa shape index (κ2) is 6.05. The van der Waals surface area contributed by atoms with Crippen molar-refractivity contribution in [1.82, 2.24) is 19.7 Å². The van der Waals surface area contributed by atoms with Gasteiger partial charge in [0.25, 0.3) is 0 Å². The quantitative estimate of drug-likeness (QED) is 0.838. The van der Waals surface area contributed by atoms with Gasteiger partial charge in [0.2, 0.25) is 11.8 Å². The molecule has 0 saturated carbocycles. The first kappa shape index (κ1) is 15.4. The number of nitrogens with zero attached hydrogens (tertiary/aromatic N) is 4. The number of carbonyl (C=O) groups is 1. The fourth-order valence-electron chi connectivity index (χ4n) is 3.62. The number of amides is 1. The van der Waals surface area contributed by atoms with E-state index in [2.05, 4.69) is 10.1 Å². The first-order chi connectivity index (χ1) is 11.6. The van der Waals surface area contributed by atoms with Crippen LogP contribution in [0.4, 0.5) is 0 Å². The zero-order valence-electron chi connectivity index (χ0n) is 14.1. The largest absolute Gasteiger partial charge is 0.440 e. The van der Waals surface area contributed by atoms with Crippen LogP contribution >= 0.6 is 0 Å². The van der Waals surface area contributed by atoms with Gasteiger partial charge in [0.05, 0.1) is 6.20 Å². The van der Waals surface area contributed by atoms with Gasteiger partial charge in [0, 0.05) is 56.9 Å². The van der Waals surface area contributed by atoms with Gasteiger partial charge in [0.15, 0.2) is 5.69 Å². The van der Waals surface area contributed by atoms with Crippen molar-refractivity contribution >= 4 is 5.91 Å². The van der Waals surface area contributed by atoms with E-state index in [1.165, 1.54) is 0 Å². The van der Waals surface area contributed by atoms with Gasteiger partial charge in [-0.05, 0) is 19.8 Å². The molecule has 2 aliphatic rings. The minimum absolute atomic E-state index is 0.0874. The van der Waals surface area contributed by atoms with Crippen LogP contribution in [0.15, 0.2) is 10.6 Å². The highest BCUT2D eigenvalue weighted by molar-refractivity contribution is 5.79. The van der Waals surface area contributed by atoms with E-state index in [0.29, 0.717) is 25.6 Å². The van der Waals surface area contributed by atoms with Crippen molar-refractivity contribution in [2.45, 2.75) is 32.7 Å². The number of ether oxygens (including phenoxy) is 1. The molecule has 1 fully saturated rings. The van der Waals surface area contributed by atoms with E-state index in [4.69, 9.17) is 9.15 Å². The molecule has 1 amide bonds. The number of hydrogen-bond donors (Lipinski definition) is 0. The molecule has 7 heteroatoms. The summed E-state index contributed by atoms with van der Waals surface area (Å²) in [5.74, 6) is 1.62. The molecule has 2 aromatic rings. The predicted molar refractivity (Wildman–Crippen MR) is 86.1 cm³/mol. The molecule has 0 spiro atoms. The molecule has 0 bridgehead atoms. The van der Waals surface area contributed by atoms with Crippen molar-refractivity contribution in [2.75, 3.05) is 19.8 Å². The SMILES string of the molecule is Cc1cnc(-c2nn(C)c3c2CN(C(=O)C2CCOCC2)CC3)o1. The van der Waals surface area contributed by atoms with Gasteiger partial charge < -0.3 is 14.1 Å². The summed E-state index contributed by atoms with van der Waals surface area (Å²) in [7, 11) is 1.94. The summed E-state index contributed by atoms with van der Waals surface area (Å²) >= 11 is 0. The average molecular weight is 330 g/mol. The lowest BCUT2D eigenvalue weighted by Gasteiger charge is -2.32. The molecule has 0 aromatic carbocycles. The van der Waals surface area contributed by atoms with Crippen LogP contribution in [-0.4, -0.2) is 45.3 Å². The minimum atomic E-state index is 0.0874. The summed E-state index contributed by atoms with van der Waals surface area (Å²) in [5, 5.41) is 4.58. The molecule has 24 heavy (non-hydrogen) atoms. The van der Waals surface area contributed by atoms with Crippen LogP contribution in [-0.2, 0) is 29.5 Å². The number of oxazole rings is 1. The van der Waals surface area contributed by atoms with E-state index in [1.54, 1.807) is 6.20 Å². The van der Waals surface area contributed by atoms with Gasteiger partial charge in [-0.15, -0.1) is 0 Å². The smallest absolute Gasteiger partial charge is 0.247 e. The van der Waals surface area contributed by atoms with Crippen molar-refractivity contribution < 1.29 is 13.9 Å². The molecule has 2 aromatic heterocycles. The highest BCUT2D eigenvalue weighted by Crippen LogP contribution is 2.30. The Morgan fingerprint density at radius 3 is 2.83 bits per heavy atom. The van der Waals surface area contributed by atoms with E-state index in [-0.39, 0.29) is 11.8 Å². The van der Waals surface area contributed by atoms with Gasteiger partial charge >= 0.3 is 0 Å². The maximum Gasteiger partial charge on any atom is 0.247 e. The van der Waals surface area contributed by atoms with Crippen LogP contribution in [0.5, 0.6) is 0 Å². The monoisotopic (exact) mass is 330 g/mol. The Morgan fingerprint density at radius 2 is 2.12 bits per heavy atom. The van der Waals surface area contributed by atoms with Crippen molar-refractivity contribution in [1.29, 1.82) is 0 Å². The minimum Gasteiger partial charge on any atom is -0.440 e. The number of aryl methyl sites for hydroxylation is 2. The molecule has 0 radical (unpaired) electrons. The topological polar surface area (TPSA) is 73.4 Å². The summed E-state index contributed by atoms with van der Waals surface area (Å²) in [6.45, 7) is 4.56. The Balaban J connectivity index is 1.60. The number of rotatable bonds is 2. The van der Waals surface area contributed by atoms with E-state index >= 15 is 0 Å². The Labute approximate surface area is 140 Å². The molecule has 0 aliphatic carbocycles. The lowest BCUT2D eigenvalue weighted by molar-refractivity contribution is -0.139. The molecule has 4 heterocycles. The normalized spacial score (nSPS) is 18.7. The van der Waals surface area contributed by atoms with Crippen molar-refractivity contribution in [3.05, 3.63) is 23.2 Å². The predicted octanol–water partition coefficient (Wildman–Crippen LogP) is 1.69. The molecule has 4 rings (SSSR count). The molecule has 2 aliphatic heterocycles. The molecule has 128 valence electrons. The van der Waals surface area contributed by atoms with Crippen LogP contribution in [0, 0.1) is 12.8 Å². The van der Waals surface area contributed by atoms with Gasteiger partial charge in [-0.1, -0.05) is 0 Å². The van der Waals surface area contributed by atoms with E-state index < -0.39 is 0 Å². The Bertz CT molecular complexity index is 758. The lowest BCUT2D eigenvalue weighted by Crippen LogP contribution is -2.41. The fraction of sp³-hybridized carbons (Fsp3) is 0.588. The van der Waals surface area contributed by atoms with Gasteiger partial charge in [0.1, 0.15) is 5.76 Å². The first-order valence-electron chi connectivity index (χ1n) is 8.47. The second-order valence-electron chi connectivity index (χ2n) is 6.57. The summed E-state index contributed by atoms with van der Waals surface area (Å²) in [6, 6.07) is 0. The second-order valence-corrected chi connectivity index (χ2v) is 6.57. The maximum absolute atomic E-state index is 12.8. The lowest BCUT2D eigenvalue weighted by atomic mass is 9.96. The highest BCUT2D eigenvalue weighted by atomic mass is 16.5. The van der Waals surface area contributed by atoms with Gasteiger partial charge in [-0.3, -0.25) is 9.48 Å². The van der Waals surface area contributed by atoms with Crippen LogP contribution < -0.4 is 0 Å². The third-order valence-corrected chi connectivity index (χ3v) is 4.95. The molecule has 0 N–H and O–H groups in total. The van der Waals surface area contributed by atoms with Crippen LogP contribution in [0.1, 0.15) is 29.9 Å². The van der Waals surface area contributed by atoms with E-state index in [9.17, 15) is 4.79 Å². The Morgan fingerprint density at radius 1 is 1.33 bits per heavy atom. The highest BCUT2D eigenvalue weighted by Gasteiger charge is 2.32. The van der Waals surface area contributed by atoms with Crippen molar-refractivity contribution in [3.8, 4) is 11.6 Å². The van der Waals surface area contributed by atoms with Gasteiger partial charge in [-0.25, -0.2) is 4.98 Å². The van der Waals surface area contributed by atoms with Gasteiger partial charge in [-0.2, -0.15) is 5.10 Å². The van der Waals surface area contributed by atoms with E-state index in [0.717, 1.165) is 48.5 Å². The average Bonchev–Trinajstić information content (AvgIpc) is 3.18. The van der Waals surface area contributed by atoms with E-state index in [1.807, 2.05) is 23.6 Å². The summed E-state index contributed by atoms with van der Waals surface area (Å²) < 4.78 is 12.9. The number of carbonyl (C=O) groups excluding carboxylic acids is 1. The molecular formula is C17H22N4O3. The standard InChI is InChI=1S/C17H22N4O3/c1-11-9-18-16(24-11)15-13-10-21(6-3-14(13)20(2)19-15)17(22)12-4-7-23-8-5-12/h9,12H,3-8,10H2,1-2H3. The van der Waals surface area contributed by atoms with Crippen LogP contribution in [0.3, 0.4) is 0 Å². The van der Waals surface area contributed by atoms with Crippen LogP contribution in [0.25, 0.3) is 11.6 Å². The first-order valence-corrected chi connectivity index (χ1v) is 8.47. The Hall–Kier alpha value is -2.15. The summed E-state index contributed by atoms with van der Waals surface area (Å²) in [5.41, 5.74) is 2.98. The Kier molecular flexibility index (Phi) is 3.88. The number of fused-ring (bicyclic) bond motifs is 1. The molecular weight excluding hydrogens is 308 g/mol. The van der Waals surface area contributed by atoms with Crippen molar-refractivity contribution in [3.63, 3.8) is 0 Å². The molecule has 1 saturated heterocycles. The molecule has 7 nitrogen and oxygen atoms in total. The zero-order valence-corrected chi connectivity index (χ0v) is 14.1. The van der Waals surface area contributed by atoms with Crippen LogP contribution in [0.2, 0.25) is 0 Å². The third kappa shape index (κ3) is 2.62. The molecule has 0 unspecified atom stereocenters. The number of hydrogen-bond acceptors (Lipinski definition) is 5. The molecule has 0 atom stereocenters. The zero-order chi connectivity index (χ0) is 16.7. The fourth-order valence-corrected chi connectivity index (χ4v) is 3.62. The number of aromatic nitrogens is 3. The third-order valence-electron chi connectivity index (χ3n) is 4.95.